The Morgan fingerprint density at radius 3 is 3.11 bits per heavy atom. The number of nitrogens with zero attached hydrogens (tertiary/aromatic N) is 3. The summed E-state index contributed by atoms with van der Waals surface area (Å²) in [6.45, 7) is 1.87. The molecule has 0 amide bonds. The Labute approximate surface area is 118 Å². The molecule has 5 heteroatoms. The third-order valence-electron chi connectivity index (χ3n) is 3.72. The van der Waals surface area contributed by atoms with Gasteiger partial charge in [0.2, 0.25) is 0 Å². The highest BCUT2D eigenvalue weighted by Crippen LogP contribution is 2.19. The van der Waals surface area contributed by atoms with Gasteiger partial charge in [-0.15, -0.1) is 0 Å². The van der Waals surface area contributed by atoms with Crippen LogP contribution in [-0.4, -0.2) is 31.9 Å². The van der Waals surface area contributed by atoms with Crippen molar-refractivity contribution in [3.63, 3.8) is 0 Å². The SMILES string of the molecule is NC(=S)C1CCCCN1Cc1cn2ccccc2n1. The molecule has 0 spiro atoms. The number of hydrogen-bond donors (Lipinski definition) is 1. The molecule has 0 saturated carbocycles. The van der Waals surface area contributed by atoms with Crippen molar-refractivity contribution in [1.82, 2.24) is 14.3 Å². The molecule has 100 valence electrons. The quantitative estimate of drug-likeness (QED) is 0.869. The highest BCUT2D eigenvalue weighted by atomic mass is 32.1. The maximum Gasteiger partial charge on any atom is 0.137 e. The van der Waals surface area contributed by atoms with Gasteiger partial charge in [0.25, 0.3) is 0 Å². The number of thiocarbonyl (C=S) groups is 1. The van der Waals surface area contributed by atoms with E-state index >= 15 is 0 Å². The minimum atomic E-state index is 0.230. The summed E-state index contributed by atoms with van der Waals surface area (Å²) in [7, 11) is 0. The van der Waals surface area contributed by atoms with Gasteiger partial charge in [-0.2, -0.15) is 0 Å². The van der Waals surface area contributed by atoms with Crippen molar-refractivity contribution in [2.24, 2.45) is 5.73 Å². The fourth-order valence-corrected chi connectivity index (χ4v) is 3.04. The van der Waals surface area contributed by atoms with Crippen LogP contribution in [0.4, 0.5) is 0 Å². The van der Waals surface area contributed by atoms with Crippen LogP contribution in [-0.2, 0) is 6.54 Å². The molecule has 3 rings (SSSR count). The number of hydrogen-bond acceptors (Lipinski definition) is 3. The van der Waals surface area contributed by atoms with Crippen LogP contribution in [0.5, 0.6) is 0 Å². The van der Waals surface area contributed by atoms with Gasteiger partial charge >= 0.3 is 0 Å². The Balaban J connectivity index is 1.80. The maximum absolute atomic E-state index is 5.85. The summed E-state index contributed by atoms with van der Waals surface area (Å²) >= 11 is 5.18. The van der Waals surface area contributed by atoms with E-state index in [9.17, 15) is 0 Å². The third kappa shape index (κ3) is 2.62. The molecular formula is C14H18N4S. The molecule has 0 aliphatic carbocycles. The lowest BCUT2D eigenvalue weighted by molar-refractivity contribution is 0.183. The van der Waals surface area contributed by atoms with Crippen LogP contribution in [0.2, 0.25) is 0 Å². The zero-order valence-electron chi connectivity index (χ0n) is 10.8. The van der Waals surface area contributed by atoms with E-state index < -0.39 is 0 Å². The van der Waals surface area contributed by atoms with Crippen molar-refractivity contribution in [1.29, 1.82) is 0 Å². The number of nitrogens with two attached hydrogens (primary N) is 1. The number of fused-ring (bicyclic) bond motifs is 1. The van der Waals surface area contributed by atoms with Gasteiger partial charge in [0, 0.05) is 18.9 Å². The number of rotatable bonds is 3. The molecule has 1 unspecified atom stereocenters. The van der Waals surface area contributed by atoms with E-state index in [0.29, 0.717) is 4.99 Å². The fraction of sp³-hybridized carbons (Fsp3) is 0.429. The van der Waals surface area contributed by atoms with Gasteiger partial charge < -0.3 is 10.1 Å². The summed E-state index contributed by atoms with van der Waals surface area (Å²) in [5.41, 5.74) is 7.92. The molecule has 2 N–H and O–H groups in total. The van der Waals surface area contributed by atoms with Crippen LogP contribution < -0.4 is 5.73 Å². The van der Waals surface area contributed by atoms with Crippen LogP contribution in [0.15, 0.2) is 30.6 Å². The average molecular weight is 274 g/mol. The van der Waals surface area contributed by atoms with E-state index in [0.717, 1.165) is 30.9 Å². The normalized spacial score (nSPS) is 20.7. The molecule has 1 saturated heterocycles. The van der Waals surface area contributed by atoms with Gasteiger partial charge in [0.05, 0.1) is 16.7 Å². The maximum atomic E-state index is 5.85. The molecule has 2 aromatic rings. The summed E-state index contributed by atoms with van der Waals surface area (Å²) in [6, 6.07) is 6.26. The molecule has 1 aliphatic heterocycles. The van der Waals surface area contributed by atoms with Gasteiger partial charge in [-0.1, -0.05) is 24.7 Å². The average Bonchev–Trinajstić information content (AvgIpc) is 2.81. The van der Waals surface area contributed by atoms with Gasteiger partial charge in [-0.3, -0.25) is 4.90 Å². The molecule has 2 aromatic heterocycles. The lowest BCUT2D eigenvalue weighted by Gasteiger charge is -2.34. The number of aromatic nitrogens is 2. The Hall–Kier alpha value is -1.46. The molecule has 1 aliphatic rings. The van der Waals surface area contributed by atoms with Gasteiger partial charge in [0.1, 0.15) is 5.65 Å². The molecule has 3 heterocycles. The third-order valence-corrected chi connectivity index (χ3v) is 3.99. The minimum Gasteiger partial charge on any atom is -0.392 e. The lowest BCUT2D eigenvalue weighted by atomic mass is 10.0. The van der Waals surface area contributed by atoms with E-state index in [-0.39, 0.29) is 6.04 Å². The van der Waals surface area contributed by atoms with Crippen molar-refractivity contribution in [3.05, 3.63) is 36.3 Å². The van der Waals surface area contributed by atoms with Gasteiger partial charge in [0.15, 0.2) is 0 Å². The molecule has 19 heavy (non-hydrogen) atoms. The van der Waals surface area contributed by atoms with Crippen LogP contribution in [0.25, 0.3) is 5.65 Å². The second kappa shape index (κ2) is 5.27. The first kappa shape index (κ1) is 12.6. The van der Waals surface area contributed by atoms with Gasteiger partial charge in [-0.05, 0) is 31.5 Å². The van der Waals surface area contributed by atoms with Crippen LogP contribution >= 0.6 is 12.2 Å². The Bertz CT molecular complexity index is 559. The molecule has 0 radical (unpaired) electrons. The van der Waals surface area contributed by atoms with Crippen molar-refractivity contribution in [3.8, 4) is 0 Å². The van der Waals surface area contributed by atoms with Crippen LogP contribution in [0.3, 0.4) is 0 Å². The van der Waals surface area contributed by atoms with Crippen molar-refractivity contribution < 1.29 is 0 Å². The van der Waals surface area contributed by atoms with Crippen LogP contribution in [0, 0.1) is 0 Å². The predicted octanol–water partition coefficient (Wildman–Crippen LogP) is 1.97. The first-order valence-corrected chi connectivity index (χ1v) is 7.11. The summed E-state index contributed by atoms with van der Waals surface area (Å²) in [5.74, 6) is 0. The Kier molecular flexibility index (Phi) is 3.48. The molecule has 4 nitrogen and oxygen atoms in total. The topological polar surface area (TPSA) is 46.6 Å². The predicted molar refractivity (Wildman–Crippen MR) is 80.0 cm³/mol. The highest BCUT2D eigenvalue weighted by molar-refractivity contribution is 7.80. The second-order valence-corrected chi connectivity index (χ2v) is 5.55. The minimum absolute atomic E-state index is 0.230. The smallest absolute Gasteiger partial charge is 0.137 e. The Morgan fingerprint density at radius 2 is 2.32 bits per heavy atom. The summed E-state index contributed by atoms with van der Waals surface area (Å²) in [5, 5.41) is 0. The van der Waals surface area contributed by atoms with Crippen molar-refractivity contribution >= 4 is 22.9 Å². The van der Waals surface area contributed by atoms with Gasteiger partial charge in [-0.25, -0.2) is 4.98 Å². The van der Waals surface area contributed by atoms with E-state index in [1.807, 2.05) is 24.4 Å². The number of likely N-dealkylation sites (tertiary alicyclic amines) is 1. The monoisotopic (exact) mass is 274 g/mol. The Morgan fingerprint density at radius 1 is 1.42 bits per heavy atom. The largest absolute Gasteiger partial charge is 0.392 e. The molecule has 1 atom stereocenters. The van der Waals surface area contributed by atoms with Crippen molar-refractivity contribution in [2.45, 2.75) is 31.8 Å². The van der Waals surface area contributed by atoms with E-state index in [2.05, 4.69) is 20.5 Å². The zero-order valence-corrected chi connectivity index (χ0v) is 11.6. The lowest BCUT2D eigenvalue weighted by Crippen LogP contribution is -2.46. The molecule has 0 bridgehead atoms. The molecular weight excluding hydrogens is 256 g/mol. The first-order valence-electron chi connectivity index (χ1n) is 6.70. The van der Waals surface area contributed by atoms with Crippen molar-refractivity contribution in [2.75, 3.05) is 6.54 Å². The standard InChI is InChI=1S/C14H18N4S/c15-14(19)12-5-1-3-7-17(12)9-11-10-18-8-4-2-6-13(18)16-11/h2,4,6,8,10,12H,1,3,5,7,9H2,(H2,15,19). The number of pyridine rings is 1. The fourth-order valence-electron chi connectivity index (χ4n) is 2.77. The summed E-state index contributed by atoms with van der Waals surface area (Å²) in [6.07, 6.45) is 7.60. The van der Waals surface area contributed by atoms with Crippen LogP contribution in [0.1, 0.15) is 25.0 Å². The molecule has 0 aromatic carbocycles. The van der Waals surface area contributed by atoms with E-state index in [1.54, 1.807) is 0 Å². The number of imidazole rings is 1. The van der Waals surface area contributed by atoms with E-state index in [1.165, 1.54) is 12.8 Å². The first-order chi connectivity index (χ1) is 9.24. The van der Waals surface area contributed by atoms with E-state index in [4.69, 9.17) is 18.0 Å². The summed E-state index contributed by atoms with van der Waals surface area (Å²) < 4.78 is 2.05. The molecule has 1 fully saturated rings. The zero-order chi connectivity index (χ0) is 13.2. The highest BCUT2D eigenvalue weighted by Gasteiger charge is 2.25. The second-order valence-electron chi connectivity index (χ2n) is 5.08. The summed E-state index contributed by atoms with van der Waals surface area (Å²) in [4.78, 5) is 7.61. The number of piperidine rings is 1.